The lowest BCUT2D eigenvalue weighted by Gasteiger charge is -2.28. The van der Waals surface area contributed by atoms with Crippen LogP contribution in [0.3, 0.4) is 0 Å². The van der Waals surface area contributed by atoms with Crippen molar-refractivity contribution in [3.05, 3.63) is 53.1 Å². The van der Waals surface area contributed by atoms with E-state index in [1.807, 2.05) is 43.3 Å². The number of rotatable bonds is 8. The van der Waals surface area contributed by atoms with Gasteiger partial charge >= 0.3 is 0 Å². The first-order chi connectivity index (χ1) is 14.2. The molecule has 1 heterocycles. The Balaban J connectivity index is 1.98. The van der Waals surface area contributed by atoms with E-state index in [1.165, 1.54) is 13.2 Å². The topological polar surface area (TPSA) is 84.9 Å². The van der Waals surface area contributed by atoms with Gasteiger partial charge < -0.3 is 14.8 Å². The number of benzene rings is 2. The summed E-state index contributed by atoms with van der Waals surface area (Å²) in [6, 6.07) is 11.0. The summed E-state index contributed by atoms with van der Waals surface area (Å²) in [6.07, 6.45) is 1.25. The molecular weight excluding hydrogens is 404 g/mol. The fraction of sp³-hybridized carbons (Fsp3) is 0.409. The zero-order valence-electron chi connectivity index (χ0n) is 17.8. The maximum absolute atomic E-state index is 12.3. The van der Waals surface area contributed by atoms with Gasteiger partial charge in [-0.1, -0.05) is 18.2 Å². The third-order valence-electron chi connectivity index (χ3n) is 5.09. The fourth-order valence-electron chi connectivity index (χ4n) is 3.84. The van der Waals surface area contributed by atoms with Gasteiger partial charge in [-0.25, -0.2) is 8.42 Å². The minimum atomic E-state index is -3.25. The van der Waals surface area contributed by atoms with Gasteiger partial charge in [-0.3, -0.25) is 9.69 Å². The molecule has 30 heavy (non-hydrogen) atoms. The van der Waals surface area contributed by atoms with Crippen LogP contribution in [0.4, 0.5) is 5.69 Å². The maximum Gasteiger partial charge on any atom is 0.221 e. The predicted octanol–water partition coefficient (Wildman–Crippen LogP) is 3.15. The lowest BCUT2D eigenvalue weighted by molar-refractivity contribution is -0.114. The van der Waals surface area contributed by atoms with Crippen LogP contribution in [0.5, 0.6) is 11.5 Å². The monoisotopic (exact) mass is 432 g/mol. The van der Waals surface area contributed by atoms with Gasteiger partial charge in [0.1, 0.15) is 9.84 Å². The lowest BCUT2D eigenvalue weighted by atomic mass is 10.1. The number of carbonyl (C=O) groups is 1. The van der Waals surface area contributed by atoms with E-state index in [0.717, 1.165) is 22.4 Å². The van der Waals surface area contributed by atoms with Gasteiger partial charge in [0.2, 0.25) is 5.91 Å². The molecule has 0 spiro atoms. The Kier molecular flexibility index (Phi) is 6.67. The molecular formula is C22H28N2O5S. The normalized spacial score (nSPS) is 14.8. The van der Waals surface area contributed by atoms with Crippen molar-refractivity contribution in [1.82, 2.24) is 4.90 Å². The highest BCUT2D eigenvalue weighted by atomic mass is 32.2. The molecule has 2 aromatic rings. The molecule has 0 saturated heterocycles. The average Bonchev–Trinajstić information content (AvgIpc) is 3.10. The summed E-state index contributed by atoms with van der Waals surface area (Å²) in [5.41, 5.74) is 3.71. The van der Waals surface area contributed by atoms with Crippen LogP contribution in [0.25, 0.3) is 0 Å². The van der Waals surface area contributed by atoms with Crippen molar-refractivity contribution < 1.29 is 22.7 Å². The molecule has 0 fully saturated rings. The Bertz CT molecular complexity index is 1040. The van der Waals surface area contributed by atoms with Gasteiger partial charge in [-0.2, -0.15) is 0 Å². The van der Waals surface area contributed by atoms with Crippen LogP contribution in [0, 0.1) is 0 Å². The van der Waals surface area contributed by atoms with Crippen LogP contribution >= 0.6 is 0 Å². The van der Waals surface area contributed by atoms with Crippen molar-refractivity contribution in [2.45, 2.75) is 33.0 Å². The summed E-state index contributed by atoms with van der Waals surface area (Å²) in [4.78, 5) is 13.7. The van der Waals surface area contributed by atoms with Gasteiger partial charge in [-0.15, -0.1) is 0 Å². The van der Waals surface area contributed by atoms with Crippen molar-refractivity contribution in [3.63, 3.8) is 0 Å². The highest BCUT2D eigenvalue weighted by Crippen LogP contribution is 2.38. The molecule has 2 aromatic carbocycles. The second kappa shape index (κ2) is 9.06. The van der Waals surface area contributed by atoms with Gasteiger partial charge in [0.15, 0.2) is 11.5 Å². The SMILES string of the molecule is CCOc1cc(C(CS(C)(=O)=O)N2Cc3cccc(NC(C)=O)c3C2)ccc1OC. The first-order valence-corrected chi connectivity index (χ1v) is 11.9. The minimum absolute atomic E-state index is 0.0195. The summed E-state index contributed by atoms with van der Waals surface area (Å²) in [5, 5.41) is 2.87. The number of hydrogen-bond donors (Lipinski definition) is 1. The molecule has 0 radical (unpaired) electrons. The Hall–Kier alpha value is -2.58. The maximum atomic E-state index is 12.3. The third-order valence-corrected chi connectivity index (χ3v) is 6.01. The van der Waals surface area contributed by atoms with Crippen LogP contribution in [0.2, 0.25) is 0 Å². The minimum Gasteiger partial charge on any atom is -0.493 e. The smallest absolute Gasteiger partial charge is 0.221 e. The Morgan fingerprint density at radius 1 is 1.20 bits per heavy atom. The number of hydrogen-bond acceptors (Lipinski definition) is 6. The van der Waals surface area contributed by atoms with Gasteiger partial charge in [0.25, 0.3) is 0 Å². The van der Waals surface area contributed by atoms with Gasteiger partial charge in [0.05, 0.1) is 19.5 Å². The zero-order valence-corrected chi connectivity index (χ0v) is 18.6. The molecule has 1 amide bonds. The molecule has 162 valence electrons. The second-order valence-corrected chi connectivity index (χ2v) is 9.67. The molecule has 3 rings (SSSR count). The molecule has 0 aliphatic carbocycles. The number of methoxy groups -OCH3 is 1. The summed E-state index contributed by atoms with van der Waals surface area (Å²) in [5.74, 6) is 1.04. The largest absolute Gasteiger partial charge is 0.493 e. The summed E-state index contributed by atoms with van der Waals surface area (Å²) in [6.45, 7) is 4.98. The molecule has 1 aliphatic heterocycles. The van der Waals surface area contributed by atoms with E-state index >= 15 is 0 Å². The average molecular weight is 433 g/mol. The molecule has 8 heteroatoms. The predicted molar refractivity (Wildman–Crippen MR) is 117 cm³/mol. The Morgan fingerprint density at radius 2 is 1.97 bits per heavy atom. The molecule has 1 N–H and O–H groups in total. The number of anilines is 1. The van der Waals surface area contributed by atoms with E-state index in [9.17, 15) is 13.2 Å². The van der Waals surface area contributed by atoms with Crippen molar-refractivity contribution in [1.29, 1.82) is 0 Å². The van der Waals surface area contributed by atoms with Gasteiger partial charge in [-0.05, 0) is 41.8 Å². The van der Waals surface area contributed by atoms with Crippen molar-refractivity contribution in [2.24, 2.45) is 0 Å². The molecule has 7 nitrogen and oxygen atoms in total. The van der Waals surface area contributed by atoms with Crippen LogP contribution in [0.1, 0.15) is 36.6 Å². The van der Waals surface area contributed by atoms with E-state index in [-0.39, 0.29) is 17.7 Å². The molecule has 0 aromatic heterocycles. The number of sulfone groups is 1. The van der Waals surface area contributed by atoms with Crippen molar-refractivity contribution >= 4 is 21.4 Å². The first kappa shape index (κ1) is 22.1. The lowest BCUT2D eigenvalue weighted by Crippen LogP contribution is -2.29. The fourth-order valence-corrected chi connectivity index (χ4v) is 4.82. The first-order valence-electron chi connectivity index (χ1n) is 9.82. The van der Waals surface area contributed by atoms with E-state index in [1.54, 1.807) is 7.11 Å². The third kappa shape index (κ3) is 5.12. The molecule has 1 atom stereocenters. The van der Waals surface area contributed by atoms with Crippen molar-refractivity contribution in [2.75, 3.05) is 31.0 Å². The van der Waals surface area contributed by atoms with E-state index < -0.39 is 9.84 Å². The number of nitrogens with one attached hydrogen (secondary N) is 1. The summed E-state index contributed by atoms with van der Waals surface area (Å²) < 4.78 is 35.6. The van der Waals surface area contributed by atoms with Crippen molar-refractivity contribution in [3.8, 4) is 11.5 Å². The van der Waals surface area contributed by atoms with Crippen LogP contribution < -0.4 is 14.8 Å². The molecule has 0 bridgehead atoms. The molecule has 1 aliphatic rings. The van der Waals surface area contributed by atoms with E-state index in [4.69, 9.17) is 9.47 Å². The zero-order chi connectivity index (χ0) is 21.9. The Labute approximate surface area is 177 Å². The number of nitrogens with zero attached hydrogens (tertiary/aromatic N) is 1. The summed E-state index contributed by atoms with van der Waals surface area (Å²) in [7, 11) is -1.67. The number of fused-ring (bicyclic) bond motifs is 1. The second-order valence-electron chi connectivity index (χ2n) is 7.48. The van der Waals surface area contributed by atoms with Crippen LogP contribution in [-0.2, 0) is 27.7 Å². The number of carbonyl (C=O) groups excluding carboxylic acids is 1. The summed E-state index contributed by atoms with van der Waals surface area (Å²) >= 11 is 0. The van der Waals surface area contributed by atoms with Gasteiger partial charge in [0, 0.05) is 38.0 Å². The highest BCUT2D eigenvalue weighted by Gasteiger charge is 2.31. The number of ether oxygens (including phenoxy) is 2. The van der Waals surface area contributed by atoms with E-state index in [2.05, 4.69) is 10.2 Å². The molecule has 0 saturated carbocycles. The van der Waals surface area contributed by atoms with Crippen LogP contribution in [-0.4, -0.2) is 45.0 Å². The highest BCUT2D eigenvalue weighted by molar-refractivity contribution is 7.90. The number of amides is 1. The molecule has 1 unspecified atom stereocenters. The van der Waals surface area contributed by atoms with Crippen LogP contribution in [0.15, 0.2) is 36.4 Å². The standard InChI is InChI=1S/C22H28N2O5S/c1-5-29-22-11-16(9-10-21(22)28-3)20(14-30(4,26)27)24-12-17-7-6-8-19(18(17)13-24)23-15(2)25/h6-11,20H,5,12-14H2,1-4H3,(H,23,25). The quantitative estimate of drug-likeness (QED) is 0.690. The Morgan fingerprint density at radius 3 is 2.60 bits per heavy atom. The van der Waals surface area contributed by atoms with E-state index in [0.29, 0.717) is 31.2 Å².